The van der Waals surface area contributed by atoms with E-state index in [1.165, 1.54) is 0 Å². The fourth-order valence-corrected chi connectivity index (χ4v) is 3.70. The van der Waals surface area contributed by atoms with Crippen LogP contribution in [-0.2, 0) is 14.4 Å². The summed E-state index contributed by atoms with van der Waals surface area (Å²) in [6, 6.07) is 13.5. The van der Waals surface area contributed by atoms with Crippen molar-refractivity contribution in [2.24, 2.45) is 0 Å². The number of benzene rings is 2. The zero-order chi connectivity index (χ0) is 19.7. The number of hydrogen-bond donors (Lipinski definition) is 0. The smallest absolute Gasteiger partial charge is 0.253 e. The summed E-state index contributed by atoms with van der Waals surface area (Å²) >= 11 is 0. The maximum absolute atomic E-state index is 12.8. The lowest BCUT2D eigenvalue weighted by Crippen LogP contribution is -2.53. The van der Waals surface area contributed by atoms with Crippen molar-refractivity contribution in [3.05, 3.63) is 48.0 Å². The van der Waals surface area contributed by atoms with Crippen LogP contribution in [0.2, 0.25) is 0 Å². The molecule has 2 aromatic rings. The lowest BCUT2D eigenvalue weighted by atomic mass is 10.1. The minimum atomic E-state index is -0.288. The van der Waals surface area contributed by atoms with Crippen molar-refractivity contribution in [3.8, 4) is 0 Å². The van der Waals surface area contributed by atoms with Crippen molar-refractivity contribution >= 4 is 34.4 Å². The van der Waals surface area contributed by atoms with Crippen LogP contribution in [0.5, 0.6) is 0 Å². The van der Waals surface area contributed by atoms with Crippen molar-refractivity contribution in [3.63, 3.8) is 0 Å². The summed E-state index contributed by atoms with van der Waals surface area (Å²) in [5, 5.41) is 2.10. The predicted molar refractivity (Wildman–Crippen MR) is 102 cm³/mol. The minimum Gasteiger partial charge on any atom is -0.338 e. The number of fused-ring (bicyclic) bond motifs is 1. The Morgan fingerprint density at radius 3 is 2.07 bits per heavy atom. The summed E-state index contributed by atoms with van der Waals surface area (Å²) in [5.41, 5.74) is 0.631. The topological polar surface area (TPSA) is 78.0 Å². The van der Waals surface area contributed by atoms with Gasteiger partial charge in [-0.1, -0.05) is 30.3 Å². The lowest BCUT2D eigenvalue weighted by molar-refractivity contribution is -0.146. The van der Waals surface area contributed by atoms with E-state index >= 15 is 0 Å². The van der Waals surface area contributed by atoms with Crippen LogP contribution in [0, 0.1) is 0 Å². The number of carbonyl (C=O) groups is 4. The zero-order valence-corrected chi connectivity index (χ0v) is 15.5. The van der Waals surface area contributed by atoms with E-state index in [0.717, 1.165) is 15.7 Å². The Hall–Kier alpha value is -3.22. The van der Waals surface area contributed by atoms with Gasteiger partial charge >= 0.3 is 0 Å². The van der Waals surface area contributed by atoms with Gasteiger partial charge in [0.05, 0.1) is 0 Å². The summed E-state index contributed by atoms with van der Waals surface area (Å²) in [6.07, 6.45) is 0.361. The van der Waals surface area contributed by atoms with Gasteiger partial charge in [0.2, 0.25) is 17.7 Å². The molecule has 2 aliphatic heterocycles. The molecule has 4 amide bonds. The average Bonchev–Trinajstić information content (AvgIpc) is 3.05. The molecule has 2 aromatic carbocycles. The van der Waals surface area contributed by atoms with E-state index in [1.807, 2.05) is 42.5 Å². The molecule has 0 radical (unpaired) electrons. The lowest BCUT2D eigenvalue weighted by Gasteiger charge is -2.35. The first-order valence-electron chi connectivity index (χ1n) is 9.42. The fraction of sp³-hybridized carbons (Fsp3) is 0.333. The minimum absolute atomic E-state index is 0.0530. The molecule has 0 aromatic heterocycles. The van der Waals surface area contributed by atoms with E-state index in [1.54, 1.807) is 9.80 Å². The number of imide groups is 1. The van der Waals surface area contributed by atoms with Gasteiger partial charge in [-0.3, -0.25) is 24.1 Å². The monoisotopic (exact) mass is 379 g/mol. The van der Waals surface area contributed by atoms with Gasteiger partial charge in [0.1, 0.15) is 6.54 Å². The van der Waals surface area contributed by atoms with Crippen LogP contribution in [0.15, 0.2) is 42.5 Å². The molecule has 0 unspecified atom stereocenters. The number of carbonyl (C=O) groups excluding carboxylic acids is 4. The molecule has 0 bridgehead atoms. The molecule has 144 valence electrons. The third-order valence-corrected chi connectivity index (χ3v) is 5.36. The van der Waals surface area contributed by atoms with Gasteiger partial charge in [0.25, 0.3) is 5.91 Å². The van der Waals surface area contributed by atoms with Gasteiger partial charge in [-0.05, 0) is 22.9 Å². The molecule has 0 N–H and O–H groups in total. The van der Waals surface area contributed by atoms with Gasteiger partial charge in [0, 0.05) is 44.6 Å². The van der Waals surface area contributed by atoms with Crippen LogP contribution in [-0.4, -0.2) is 71.1 Å². The highest BCUT2D eigenvalue weighted by atomic mass is 16.2. The Kier molecular flexibility index (Phi) is 4.81. The second-order valence-electron chi connectivity index (χ2n) is 7.11. The highest BCUT2D eigenvalue weighted by Crippen LogP contribution is 2.18. The molecule has 2 saturated heterocycles. The second-order valence-corrected chi connectivity index (χ2v) is 7.11. The molecule has 0 atom stereocenters. The van der Waals surface area contributed by atoms with Crippen molar-refractivity contribution in [1.29, 1.82) is 0 Å². The van der Waals surface area contributed by atoms with E-state index < -0.39 is 0 Å². The summed E-state index contributed by atoms with van der Waals surface area (Å²) in [5.74, 6) is -0.879. The molecule has 7 heteroatoms. The Labute approximate surface area is 162 Å². The number of rotatable bonds is 3. The number of piperazine rings is 1. The van der Waals surface area contributed by atoms with Crippen LogP contribution in [0.25, 0.3) is 10.8 Å². The number of likely N-dealkylation sites (tertiary alicyclic amines) is 1. The third-order valence-electron chi connectivity index (χ3n) is 5.36. The van der Waals surface area contributed by atoms with Crippen LogP contribution >= 0.6 is 0 Å². The Morgan fingerprint density at radius 1 is 0.786 bits per heavy atom. The molecule has 28 heavy (non-hydrogen) atoms. The first kappa shape index (κ1) is 18.2. The Balaban J connectivity index is 1.36. The highest BCUT2D eigenvalue weighted by molar-refractivity contribution is 6.04. The molecule has 2 fully saturated rings. The van der Waals surface area contributed by atoms with Crippen molar-refractivity contribution in [1.82, 2.24) is 14.7 Å². The van der Waals surface area contributed by atoms with Gasteiger partial charge in [-0.25, -0.2) is 0 Å². The molecule has 7 nitrogen and oxygen atoms in total. The summed E-state index contributed by atoms with van der Waals surface area (Å²) in [6.45, 7) is 1.46. The molecular formula is C21H21N3O4. The van der Waals surface area contributed by atoms with Crippen LogP contribution in [0.3, 0.4) is 0 Å². The molecule has 4 rings (SSSR count). The SMILES string of the molecule is O=C(CN1C(=O)CCC1=O)N1CCN(C(=O)c2ccc3ccccc3c2)CC1. The van der Waals surface area contributed by atoms with Gasteiger partial charge in [-0.2, -0.15) is 0 Å². The summed E-state index contributed by atoms with van der Waals surface area (Å²) in [7, 11) is 0. The Bertz CT molecular complexity index is 947. The summed E-state index contributed by atoms with van der Waals surface area (Å²) < 4.78 is 0. The average molecular weight is 379 g/mol. The van der Waals surface area contributed by atoms with E-state index in [2.05, 4.69) is 0 Å². The first-order chi connectivity index (χ1) is 13.5. The van der Waals surface area contributed by atoms with Crippen LogP contribution < -0.4 is 0 Å². The van der Waals surface area contributed by atoms with Crippen LogP contribution in [0.1, 0.15) is 23.2 Å². The largest absolute Gasteiger partial charge is 0.338 e. The van der Waals surface area contributed by atoms with Gasteiger partial charge in [0.15, 0.2) is 0 Å². The third kappa shape index (κ3) is 3.47. The molecular weight excluding hydrogens is 358 g/mol. The van der Waals surface area contributed by atoms with Gasteiger partial charge < -0.3 is 9.80 Å². The maximum Gasteiger partial charge on any atom is 0.253 e. The van der Waals surface area contributed by atoms with Crippen molar-refractivity contribution < 1.29 is 19.2 Å². The van der Waals surface area contributed by atoms with Crippen LogP contribution in [0.4, 0.5) is 0 Å². The molecule has 0 aliphatic carbocycles. The fourth-order valence-electron chi connectivity index (χ4n) is 3.70. The number of nitrogens with zero attached hydrogens (tertiary/aromatic N) is 3. The molecule has 2 heterocycles. The molecule has 0 saturated carbocycles. The van der Waals surface area contributed by atoms with Crippen molar-refractivity contribution in [2.45, 2.75) is 12.8 Å². The maximum atomic E-state index is 12.8. The molecule has 2 aliphatic rings. The van der Waals surface area contributed by atoms with Crippen molar-refractivity contribution in [2.75, 3.05) is 32.7 Å². The first-order valence-corrected chi connectivity index (χ1v) is 9.42. The highest BCUT2D eigenvalue weighted by Gasteiger charge is 2.33. The number of hydrogen-bond acceptors (Lipinski definition) is 4. The van der Waals surface area contributed by atoms with E-state index in [0.29, 0.717) is 31.7 Å². The second kappa shape index (κ2) is 7.42. The molecule has 0 spiro atoms. The number of amides is 4. The van der Waals surface area contributed by atoms with Gasteiger partial charge in [-0.15, -0.1) is 0 Å². The van der Waals surface area contributed by atoms with E-state index in [4.69, 9.17) is 0 Å². The summed E-state index contributed by atoms with van der Waals surface area (Å²) in [4.78, 5) is 53.0. The predicted octanol–water partition coefficient (Wildman–Crippen LogP) is 1.27. The van der Waals surface area contributed by atoms with E-state index in [9.17, 15) is 19.2 Å². The normalized spacial score (nSPS) is 17.5. The quantitative estimate of drug-likeness (QED) is 0.753. The standard InChI is InChI=1S/C21H21N3O4/c25-18-7-8-19(26)24(18)14-20(27)22-9-11-23(12-10-22)21(28)17-6-5-15-3-1-2-4-16(15)13-17/h1-6,13H,7-12,14H2. The zero-order valence-electron chi connectivity index (χ0n) is 15.5. The Morgan fingerprint density at radius 2 is 1.39 bits per heavy atom. The van der Waals surface area contributed by atoms with E-state index in [-0.39, 0.29) is 43.0 Å².